The number of hydrogen-bond donors (Lipinski definition) is 0. The van der Waals surface area contributed by atoms with E-state index in [9.17, 15) is 4.79 Å². The van der Waals surface area contributed by atoms with Crippen LogP contribution in [-0.4, -0.2) is 5.78 Å². The molecule has 2 rings (SSSR count). The molecule has 1 aliphatic rings. The van der Waals surface area contributed by atoms with Gasteiger partial charge >= 0.3 is 0 Å². The maximum absolute atomic E-state index is 12.7. The average Bonchev–Trinajstić information content (AvgIpc) is 2.46. The monoisotopic (exact) mass is 272 g/mol. The van der Waals surface area contributed by atoms with Crippen LogP contribution in [0.2, 0.25) is 0 Å². The standard InChI is InChI=1S/C19H28O/c1-4-15-7-5-9-17(12-15)19(20)18-10-6-8-16(13-18)11-14(2)3/h6,8,10,13-15,17H,4-5,7,9,11-12H2,1-3H3. The first kappa shape index (κ1) is 15.3. The third kappa shape index (κ3) is 3.94. The first-order valence-electron chi connectivity index (χ1n) is 8.23. The van der Waals surface area contributed by atoms with E-state index in [1.165, 1.54) is 24.8 Å². The van der Waals surface area contributed by atoms with E-state index < -0.39 is 0 Å². The van der Waals surface area contributed by atoms with Gasteiger partial charge < -0.3 is 0 Å². The minimum Gasteiger partial charge on any atom is -0.294 e. The third-order valence-electron chi connectivity index (χ3n) is 4.59. The molecule has 0 bridgehead atoms. The summed E-state index contributed by atoms with van der Waals surface area (Å²) in [4.78, 5) is 12.7. The molecule has 2 unspecified atom stereocenters. The highest BCUT2D eigenvalue weighted by Gasteiger charge is 2.27. The van der Waals surface area contributed by atoms with Crippen molar-refractivity contribution in [1.29, 1.82) is 0 Å². The molecular formula is C19H28O. The highest BCUT2D eigenvalue weighted by Crippen LogP contribution is 2.33. The first-order chi connectivity index (χ1) is 9.60. The normalized spacial score (nSPS) is 23.0. The van der Waals surface area contributed by atoms with Gasteiger partial charge in [0.2, 0.25) is 0 Å². The second-order valence-corrected chi connectivity index (χ2v) is 6.80. The van der Waals surface area contributed by atoms with Crippen LogP contribution in [0.3, 0.4) is 0 Å². The lowest BCUT2D eigenvalue weighted by Crippen LogP contribution is -2.23. The van der Waals surface area contributed by atoms with Crippen LogP contribution in [-0.2, 0) is 6.42 Å². The molecule has 0 radical (unpaired) electrons. The topological polar surface area (TPSA) is 17.1 Å². The van der Waals surface area contributed by atoms with Crippen LogP contribution in [0.1, 0.15) is 68.8 Å². The molecule has 1 aliphatic carbocycles. The predicted octanol–water partition coefficient (Wildman–Crippen LogP) is 5.28. The van der Waals surface area contributed by atoms with Crippen molar-refractivity contribution in [2.75, 3.05) is 0 Å². The Morgan fingerprint density at radius 1 is 1.30 bits per heavy atom. The Kier molecular flexibility index (Phi) is 5.39. The third-order valence-corrected chi connectivity index (χ3v) is 4.59. The van der Waals surface area contributed by atoms with Crippen molar-refractivity contribution >= 4 is 5.78 Å². The Hall–Kier alpha value is -1.11. The summed E-state index contributed by atoms with van der Waals surface area (Å²) >= 11 is 0. The van der Waals surface area contributed by atoms with Crippen molar-refractivity contribution in [2.24, 2.45) is 17.8 Å². The summed E-state index contributed by atoms with van der Waals surface area (Å²) in [6.45, 7) is 6.70. The van der Waals surface area contributed by atoms with E-state index in [0.29, 0.717) is 11.7 Å². The Bertz CT molecular complexity index is 447. The van der Waals surface area contributed by atoms with Gasteiger partial charge in [-0.15, -0.1) is 0 Å². The molecule has 0 aromatic heterocycles. The number of ketones is 1. The molecule has 1 aromatic rings. The summed E-state index contributed by atoms with van der Waals surface area (Å²) in [5, 5.41) is 0. The molecule has 110 valence electrons. The molecule has 0 N–H and O–H groups in total. The van der Waals surface area contributed by atoms with Crippen molar-refractivity contribution < 1.29 is 4.79 Å². The molecule has 2 atom stereocenters. The Balaban J connectivity index is 2.08. The van der Waals surface area contributed by atoms with Gasteiger partial charge in [-0.3, -0.25) is 4.79 Å². The Morgan fingerprint density at radius 3 is 2.80 bits per heavy atom. The zero-order valence-corrected chi connectivity index (χ0v) is 13.2. The highest BCUT2D eigenvalue weighted by molar-refractivity contribution is 5.98. The predicted molar refractivity (Wildman–Crippen MR) is 85.1 cm³/mol. The first-order valence-corrected chi connectivity index (χ1v) is 8.23. The van der Waals surface area contributed by atoms with E-state index in [-0.39, 0.29) is 5.92 Å². The van der Waals surface area contributed by atoms with E-state index in [2.05, 4.69) is 32.9 Å². The van der Waals surface area contributed by atoms with Crippen molar-refractivity contribution in [3.05, 3.63) is 35.4 Å². The Morgan fingerprint density at radius 2 is 2.10 bits per heavy atom. The van der Waals surface area contributed by atoms with Crippen LogP contribution in [0.25, 0.3) is 0 Å². The number of Topliss-reactive ketones (excluding diaryl/α,β-unsaturated/α-hetero) is 1. The van der Waals surface area contributed by atoms with Crippen LogP contribution >= 0.6 is 0 Å². The van der Waals surface area contributed by atoms with Crippen molar-refractivity contribution in [3.63, 3.8) is 0 Å². The van der Waals surface area contributed by atoms with Gasteiger partial charge in [-0.25, -0.2) is 0 Å². The van der Waals surface area contributed by atoms with Gasteiger partial charge in [-0.1, -0.05) is 58.2 Å². The minimum absolute atomic E-state index is 0.267. The Labute approximate surface area is 123 Å². The summed E-state index contributed by atoms with van der Waals surface area (Å²) in [6, 6.07) is 8.32. The molecule has 1 saturated carbocycles. The van der Waals surface area contributed by atoms with Crippen LogP contribution in [0, 0.1) is 17.8 Å². The number of benzene rings is 1. The SMILES string of the molecule is CCC1CCCC(C(=O)c2cccc(CC(C)C)c2)C1. The van der Waals surface area contributed by atoms with Gasteiger partial charge in [0.15, 0.2) is 5.78 Å². The van der Waals surface area contributed by atoms with Crippen LogP contribution in [0.4, 0.5) is 0 Å². The van der Waals surface area contributed by atoms with E-state index in [1.807, 2.05) is 12.1 Å². The van der Waals surface area contributed by atoms with Crippen molar-refractivity contribution in [3.8, 4) is 0 Å². The second-order valence-electron chi connectivity index (χ2n) is 6.80. The number of rotatable bonds is 5. The average molecular weight is 272 g/mol. The summed E-state index contributed by atoms with van der Waals surface area (Å²) in [5.74, 6) is 2.05. The molecule has 0 amide bonds. The smallest absolute Gasteiger partial charge is 0.165 e. The second kappa shape index (κ2) is 7.06. The van der Waals surface area contributed by atoms with Gasteiger partial charge in [0.05, 0.1) is 0 Å². The minimum atomic E-state index is 0.267. The van der Waals surface area contributed by atoms with Crippen molar-refractivity contribution in [1.82, 2.24) is 0 Å². The number of carbonyl (C=O) groups is 1. The molecule has 20 heavy (non-hydrogen) atoms. The molecule has 0 saturated heterocycles. The van der Waals surface area contributed by atoms with E-state index >= 15 is 0 Å². The fourth-order valence-corrected chi connectivity index (χ4v) is 3.46. The molecule has 1 heteroatoms. The van der Waals surface area contributed by atoms with E-state index in [0.717, 1.165) is 30.7 Å². The zero-order chi connectivity index (χ0) is 14.5. The van der Waals surface area contributed by atoms with Gasteiger partial charge in [0.1, 0.15) is 0 Å². The van der Waals surface area contributed by atoms with E-state index in [4.69, 9.17) is 0 Å². The molecule has 1 nitrogen and oxygen atoms in total. The maximum atomic E-state index is 12.7. The summed E-state index contributed by atoms with van der Waals surface area (Å²) in [7, 11) is 0. The van der Waals surface area contributed by atoms with Gasteiger partial charge in [0.25, 0.3) is 0 Å². The largest absolute Gasteiger partial charge is 0.294 e. The van der Waals surface area contributed by atoms with Crippen LogP contribution < -0.4 is 0 Å². The van der Waals surface area contributed by atoms with Crippen molar-refractivity contribution in [2.45, 2.75) is 59.3 Å². The molecule has 0 heterocycles. The molecule has 0 aliphatic heterocycles. The summed E-state index contributed by atoms with van der Waals surface area (Å²) in [5.41, 5.74) is 2.23. The molecule has 1 aromatic carbocycles. The molecule has 0 spiro atoms. The fourth-order valence-electron chi connectivity index (χ4n) is 3.46. The van der Waals surface area contributed by atoms with E-state index in [1.54, 1.807) is 0 Å². The summed E-state index contributed by atoms with van der Waals surface area (Å²) in [6.07, 6.45) is 7.00. The number of hydrogen-bond acceptors (Lipinski definition) is 1. The van der Waals surface area contributed by atoms with Gasteiger partial charge in [-0.2, -0.15) is 0 Å². The van der Waals surface area contributed by atoms with Crippen LogP contribution in [0.5, 0.6) is 0 Å². The molecular weight excluding hydrogens is 244 g/mol. The van der Waals surface area contributed by atoms with Gasteiger partial charge in [-0.05, 0) is 42.7 Å². The quantitative estimate of drug-likeness (QED) is 0.666. The lowest BCUT2D eigenvalue weighted by Gasteiger charge is -2.27. The summed E-state index contributed by atoms with van der Waals surface area (Å²) < 4.78 is 0. The molecule has 1 fully saturated rings. The van der Waals surface area contributed by atoms with Gasteiger partial charge in [0, 0.05) is 11.5 Å². The van der Waals surface area contributed by atoms with Crippen LogP contribution in [0.15, 0.2) is 24.3 Å². The highest BCUT2D eigenvalue weighted by atomic mass is 16.1. The lowest BCUT2D eigenvalue weighted by molar-refractivity contribution is 0.0862. The zero-order valence-electron chi connectivity index (χ0n) is 13.2. The maximum Gasteiger partial charge on any atom is 0.165 e. The fraction of sp³-hybridized carbons (Fsp3) is 0.632. The lowest BCUT2D eigenvalue weighted by atomic mass is 9.77. The number of carbonyl (C=O) groups excluding carboxylic acids is 1.